The van der Waals surface area contributed by atoms with Gasteiger partial charge in [0.05, 0.1) is 33.8 Å². The number of benzene rings is 1. The largest absolute Gasteiger partial charge is 0.465 e. The maximum atomic E-state index is 11.7. The molecule has 1 aromatic rings. The lowest BCUT2D eigenvalue weighted by Crippen LogP contribution is -2.16. The van der Waals surface area contributed by atoms with Crippen molar-refractivity contribution in [3.8, 4) is 0 Å². The SMILES string of the molecule is CCOC(=O)CSCC(=O)Nc1c(Cl)cc(N)cc1Cl. The Labute approximate surface area is 131 Å². The summed E-state index contributed by atoms with van der Waals surface area (Å²) in [7, 11) is 0. The topological polar surface area (TPSA) is 81.4 Å². The highest BCUT2D eigenvalue weighted by molar-refractivity contribution is 8.00. The number of esters is 1. The van der Waals surface area contributed by atoms with Crippen molar-refractivity contribution in [3.05, 3.63) is 22.2 Å². The Morgan fingerprint density at radius 2 is 1.90 bits per heavy atom. The Hall–Kier alpha value is -1.11. The fourth-order valence-corrected chi connectivity index (χ4v) is 2.53. The van der Waals surface area contributed by atoms with Gasteiger partial charge in [-0.2, -0.15) is 0 Å². The first-order chi connectivity index (χ1) is 9.43. The molecular weight excluding hydrogens is 323 g/mol. The molecule has 0 bridgehead atoms. The van der Waals surface area contributed by atoms with Crippen molar-refractivity contribution in [1.82, 2.24) is 0 Å². The Bertz CT molecular complexity index is 488. The number of anilines is 2. The van der Waals surface area contributed by atoms with Crippen LogP contribution < -0.4 is 11.1 Å². The highest BCUT2D eigenvalue weighted by atomic mass is 35.5. The van der Waals surface area contributed by atoms with Gasteiger partial charge in [-0.3, -0.25) is 9.59 Å². The Morgan fingerprint density at radius 3 is 2.45 bits per heavy atom. The van der Waals surface area contributed by atoms with E-state index in [0.29, 0.717) is 18.0 Å². The van der Waals surface area contributed by atoms with Crippen LogP contribution >= 0.6 is 35.0 Å². The molecule has 0 unspecified atom stereocenters. The summed E-state index contributed by atoms with van der Waals surface area (Å²) in [4.78, 5) is 22.8. The van der Waals surface area contributed by atoms with Gasteiger partial charge < -0.3 is 15.8 Å². The molecule has 1 aromatic carbocycles. The lowest BCUT2D eigenvalue weighted by molar-refractivity contribution is -0.139. The van der Waals surface area contributed by atoms with Crippen LogP contribution in [0.5, 0.6) is 0 Å². The first-order valence-electron chi connectivity index (χ1n) is 5.71. The molecule has 20 heavy (non-hydrogen) atoms. The molecule has 0 aliphatic rings. The van der Waals surface area contributed by atoms with E-state index >= 15 is 0 Å². The summed E-state index contributed by atoms with van der Waals surface area (Å²) in [6, 6.07) is 2.99. The Morgan fingerprint density at radius 1 is 1.30 bits per heavy atom. The first-order valence-corrected chi connectivity index (χ1v) is 7.62. The minimum atomic E-state index is -0.353. The molecule has 0 radical (unpaired) electrons. The minimum absolute atomic E-state index is 0.0931. The number of halogens is 2. The number of hydrogen-bond acceptors (Lipinski definition) is 5. The van der Waals surface area contributed by atoms with Crippen molar-refractivity contribution in [2.75, 3.05) is 29.2 Å². The van der Waals surface area contributed by atoms with Gasteiger partial charge in [-0.15, -0.1) is 11.8 Å². The lowest BCUT2D eigenvalue weighted by Gasteiger charge is -2.10. The van der Waals surface area contributed by atoms with Crippen molar-refractivity contribution in [3.63, 3.8) is 0 Å². The fraction of sp³-hybridized carbons (Fsp3) is 0.333. The number of thioether (sulfide) groups is 1. The van der Waals surface area contributed by atoms with Crippen molar-refractivity contribution in [2.24, 2.45) is 0 Å². The lowest BCUT2D eigenvalue weighted by atomic mass is 10.3. The molecule has 0 heterocycles. The first kappa shape index (κ1) is 16.9. The van der Waals surface area contributed by atoms with Crippen molar-refractivity contribution >= 4 is 58.2 Å². The number of carbonyl (C=O) groups excluding carboxylic acids is 2. The summed E-state index contributed by atoms with van der Waals surface area (Å²) in [5.74, 6) is -0.456. The maximum absolute atomic E-state index is 11.7. The number of hydrogen-bond donors (Lipinski definition) is 2. The van der Waals surface area contributed by atoms with E-state index in [9.17, 15) is 9.59 Å². The van der Waals surface area contributed by atoms with E-state index < -0.39 is 0 Å². The van der Waals surface area contributed by atoms with Crippen LogP contribution in [0.2, 0.25) is 10.0 Å². The zero-order valence-corrected chi connectivity index (χ0v) is 13.1. The van der Waals surface area contributed by atoms with Crippen molar-refractivity contribution < 1.29 is 14.3 Å². The molecule has 1 amide bonds. The van der Waals surface area contributed by atoms with Crippen LogP contribution in [-0.4, -0.2) is 30.0 Å². The van der Waals surface area contributed by atoms with E-state index in [4.69, 9.17) is 33.7 Å². The second-order valence-corrected chi connectivity index (χ2v) is 5.51. The molecule has 8 heteroatoms. The van der Waals surface area contributed by atoms with Crippen LogP contribution in [0.15, 0.2) is 12.1 Å². The van der Waals surface area contributed by atoms with Gasteiger partial charge in [0.1, 0.15) is 0 Å². The van der Waals surface area contributed by atoms with Gasteiger partial charge in [0.25, 0.3) is 0 Å². The van der Waals surface area contributed by atoms with E-state index in [1.54, 1.807) is 6.92 Å². The minimum Gasteiger partial charge on any atom is -0.465 e. The second-order valence-electron chi connectivity index (χ2n) is 3.71. The second kappa shape index (κ2) is 8.24. The van der Waals surface area contributed by atoms with Gasteiger partial charge in [0.2, 0.25) is 5.91 Å². The third-order valence-corrected chi connectivity index (χ3v) is 3.59. The quantitative estimate of drug-likeness (QED) is 0.616. The van der Waals surface area contributed by atoms with E-state index in [1.807, 2.05) is 0 Å². The third-order valence-electron chi connectivity index (χ3n) is 2.09. The van der Waals surface area contributed by atoms with Gasteiger partial charge in [-0.1, -0.05) is 23.2 Å². The summed E-state index contributed by atoms with van der Waals surface area (Å²) < 4.78 is 4.75. The highest BCUT2D eigenvalue weighted by Gasteiger charge is 2.12. The predicted octanol–water partition coefficient (Wildman–Crippen LogP) is 2.81. The van der Waals surface area contributed by atoms with Crippen LogP contribution in [0.3, 0.4) is 0 Å². The van der Waals surface area contributed by atoms with Gasteiger partial charge in [0, 0.05) is 5.69 Å². The molecule has 0 aliphatic heterocycles. The summed E-state index contributed by atoms with van der Waals surface area (Å²) in [6.07, 6.45) is 0. The number of carbonyl (C=O) groups is 2. The average Bonchev–Trinajstić information content (AvgIpc) is 2.34. The number of nitrogens with two attached hydrogens (primary N) is 1. The molecule has 0 fully saturated rings. The van der Waals surface area contributed by atoms with E-state index in [2.05, 4.69) is 5.32 Å². The summed E-state index contributed by atoms with van der Waals surface area (Å²) in [5.41, 5.74) is 6.29. The predicted molar refractivity (Wildman–Crippen MR) is 83.5 cm³/mol. The number of nitrogens with one attached hydrogen (secondary N) is 1. The molecule has 5 nitrogen and oxygen atoms in total. The molecule has 0 saturated carbocycles. The monoisotopic (exact) mass is 336 g/mol. The van der Waals surface area contributed by atoms with Crippen LogP contribution in [0.1, 0.15) is 6.92 Å². The molecule has 0 aromatic heterocycles. The van der Waals surface area contributed by atoms with E-state index in [1.165, 1.54) is 12.1 Å². The normalized spacial score (nSPS) is 10.2. The molecule has 0 aliphatic carbocycles. The molecule has 0 atom stereocenters. The molecule has 110 valence electrons. The zero-order chi connectivity index (χ0) is 15.1. The number of rotatable bonds is 6. The number of nitrogen functional groups attached to an aromatic ring is 1. The van der Waals surface area contributed by atoms with Crippen molar-refractivity contribution in [1.29, 1.82) is 0 Å². The highest BCUT2D eigenvalue weighted by Crippen LogP contribution is 2.32. The molecular formula is C12H14Cl2N2O3S. The number of amides is 1. The number of ether oxygens (including phenoxy) is 1. The summed E-state index contributed by atoms with van der Waals surface area (Å²) in [6.45, 7) is 2.04. The van der Waals surface area contributed by atoms with Gasteiger partial charge in [-0.25, -0.2) is 0 Å². The molecule has 0 saturated heterocycles. The third kappa shape index (κ3) is 5.48. The average molecular weight is 337 g/mol. The summed E-state index contributed by atoms with van der Waals surface area (Å²) >= 11 is 13.0. The fourth-order valence-electron chi connectivity index (χ4n) is 1.32. The van der Waals surface area contributed by atoms with E-state index in [0.717, 1.165) is 11.8 Å². The molecule has 1 rings (SSSR count). The molecule has 3 N–H and O–H groups in total. The Kier molecular flexibility index (Phi) is 6.98. The van der Waals surface area contributed by atoms with Crippen LogP contribution in [0.25, 0.3) is 0 Å². The van der Waals surface area contributed by atoms with Crippen molar-refractivity contribution in [2.45, 2.75) is 6.92 Å². The van der Waals surface area contributed by atoms with Crippen LogP contribution in [0, 0.1) is 0 Å². The Balaban J connectivity index is 2.49. The summed E-state index contributed by atoms with van der Waals surface area (Å²) in [5, 5.41) is 3.11. The smallest absolute Gasteiger partial charge is 0.315 e. The van der Waals surface area contributed by atoms with Crippen LogP contribution in [-0.2, 0) is 14.3 Å². The van der Waals surface area contributed by atoms with Gasteiger partial charge in [0.15, 0.2) is 0 Å². The van der Waals surface area contributed by atoms with Gasteiger partial charge >= 0.3 is 5.97 Å². The van der Waals surface area contributed by atoms with Gasteiger partial charge in [-0.05, 0) is 19.1 Å². The maximum Gasteiger partial charge on any atom is 0.315 e. The van der Waals surface area contributed by atoms with E-state index in [-0.39, 0.29) is 33.4 Å². The standard InChI is InChI=1S/C12H14Cl2N2O3S/c1-2-19-11(18)6-20-5-10(17)16-12-8(13)3-7(15)4-9(12)14/h3-4H,2,5-6,15H2,1H3,(H,16,17). The zero-order valence-electron chi connectivity index (χ0n) is 10.7. The van der Waals surface area contributed by atoms with Crippen LogP contribution in [0.4, 0.5) is 11.4 Å². The molecule has 0 spiro atoms.